The van der Waals surface area contributed by atoms with Crippen molar-refractivity contribution in [2.24, 2.45) is 0 Å². The number of nitrogens with one attached hydrogen (secondary N) is 1. The normalized spacial score (nSPS) is 12.7. The van der Waals surface area contributed by atoms with E-state index < -0.39 is 6.10 Å². The maximum Gasteiger partial charge on any atom is 0.102 e. The van der Waals surface area contributed by atoms with Crippen LogP contribution in [0.2, 0.25) is 0 Å². The molecule has 0 spiro atoms. The first-order valence-corrected chi connectivity index (χ1v) is 5.82. The highest BCUT2D eigenvalue weighted by atomic mass is 16.3. The summed E-state index contributed by atoms with van der Waals surface area (Å²) >= 11 is 0. The molecule has 2 aromatic rings. The van der Waals surface area contributed by atoms with Crippen LogP contribution in [0.4, 0.5) is 0 Å². The number of hydrogen-bond acceptors (Lipinski definition) is 2. The number of imidazole rings is 1. The molecule has 1 aromatic carbocycles. The van der Waals surface area contributed by atoms with Crippen molar-refractivity contribution in [1.82, 2.24) is 9.97 Å². The Morgan fingerprint density at radius 3 is 2.71 bits per heavy atom. The summed E-state index contributed by atoms with van der Waals surface area (Å²) in [4.78, 5) is 7.15. The molecule has 0 saturated heterocycles. The quantitative estimate of drug-likeness (QED) is 0.851. The molecule has 0 bridgehead atoms. The number of hydrogen-bond donors (Lipinski definition) is 2. The molecule has 1 heterocycles. The number of nitrogens with zero attached hydrogens (tertiary/aromatic N) is 1. The molecule has 0 aliphatic carbocycles. The third-order valence-corrected chi connectivity index (χ3v) is 3.10. The van der Waals surface area contributed by atoms with Crippen molar-refractivity contribution < 1.29 is 5.11 Å². The summed E-state index contributed by atoms with van der Waals surface area (Å²) in [6.07, 6.45) is 1.69. The minimum Gasteiger partial charge on any atom is -0.386 e. The minimum absolute atomic E-state index is 0.540. The van der Waals surface area contributed by atoms with Gasteiger partial charge >= 0.3 is 0 Å². The third kappa shape index (κ3) is 2.56. The Balaban J connectivity index is 2.21. The standard InChI is InChI=1S/C14H18N2O/c1-9-4-5-10(2)12(6-9)7-13(17)14-11(3)15-8-16-14/h4-6,8,13,17H,7H2,1-3H3,(H,15,16). The number of aromatic nitrogens is 2. The smallest absolute Gasteiger partial charge is 0.102 e. The SMILES string of the molecule is Cc1ccc(C)c(CC(O)c2nc[nH]c2C)c1. The van der Waals surface area contributed by atoms with Crippen molar-refractivity contribution in [2.75, 3.05) is 0 Å². The first kappa shape index (κ1) is 11.9. The van der Waals surface area contributed by atoms with Gasteiger partial charge in [0, 0.05) is 12.1 Å². The monoisotopic (exact) mass is 230 g/mol. The molecule has 0 aliphatic heterocycles. The topological polar surface area (TPSA) is 48.9 Å². The fraction of sp³-hybridized carbons (Fsp3) is 0.357. The van der Waals surface area contributed by atoms with Crippen molar-refractivity contribution in [3.05, 3.63) is 52.6 Å². The second-order valence-electron chi connectivity index (χ2n) is 4.56. The molecule has 3 heteroatoms. The van der Waals surface area contributed by atoms with Crippen molar-refractivity contribution in [1.29, 1.82) is 0 Å². The number of aliphatic hydroxyl groups is 1. The fourth-order valence-electron chi connectivity index (χ4n) is 2.03. The lowest BCUT2D eigenvalue weighted by atomic mass is 9.98. The summed E-state index contributed by atoms with van der Waals surface area (Å²) in [5.41, 5.74) is 5.29. The molecule has 2 N–H and O–H groups in total. The van der Waals surface area contributed by atoms with Gasteiger partial charge in [-0.05, 0) is 31.9 Å². The zero-order valence-electron chi connectivity index (χ0n) is 10.5. The van der Waals surface area contributed by atoms with E-state index in [1.54, 1.807) is 6.33 Å². The van der Waals surface area contributed by atoms with E-state index in [2.05, 4.69) is 42.0 Å². The van der Waals surface area contributed by atoms with Crippen LogP contribution < -0.4 is 0 Å². The van der Waals surface area contributed by atoms with E-state index in [1.807, 2.05) is 6.92 Å². The lowest BCUT2D eigenvalue weighted by Crippen LogP contribution is -2.05. The number of aromatic amines is 1. The molecule has 0 amide bonds. The second kappa shape index (κ2) is 4.72. The van der Waals surface area contributed by atoms with E-state index in [0.717, 1.165) is 11.4 Å². The van der Waals surface area contributed by atoms with Crippen molar-refractivity contribution >= 4 is 0 Å². The summed E-state index contributed by atoms with van der Waals surface area (Å²) in [6.45, 7) is 6.06. The molecular weight excluding hydrogens is 212 g/mol. The lowest BCUT2D eigenvalue weighted by molar-refractivity contribution is 0.173. The molecule has 0 fully saturated rings. The summed E-state index contributed by atoms with van der Waals surface area (Å²) in [5, 5.41) is 10.2. The second-order valence-corrected chi connectivity index (χ2v) is 4.56. The maximum absolute atomic E-state index is 10.2. The van der Waals surface area contributed by atoms with Crippen LogP contribution in [0.25, 0.3) is 0 Å². The van der Waals surface area contributed by atoms with Crippen LogP contribution in [-0.4, -0.2) is 15.1 Å². The van der Waals surface area contributed by atoms with E-state index in [1.165, 1.54) is 16.7 Å². The van der Waals surface area contributed by atoms with Crippen LogP contribution in [0, 0.1) is 20.8 Å². The summed E-state index contributed by atoms with van der Waals surface area (Å²) in [7, 11) is 0. The van der Waals surface area contributed by atoms with E-state index in [-0.39, 0.29) is 0 Å². The van der Waals surface area contributed by atoms with Gasteiger partial charge < -0.3 is 10.1 Å². The Labute approximate surface area is 102 Å². The van der Waals surface area contributed by atoms with E-state index >= 15 is 0 Å². The highest BCUT2D eigenvalue weighted by Crippen LogP contribution is 2.21. The average Bonchev–Trinajstić information content (AvgIpc) is 2.70. The zero-order valence-corrected chi connectivity index (χ0v) is 10.5. The third-order valence-electron chi connectivity index (χ3n) is 3.10. The van der Waals surface area contributed by atoms with Crippen molar-refractivity contribution in [3.63, 3.8) is 0 Å². The van der Waals surface area contributed by atoms with E-state index in [9.17, 15) is 5.11 Å². The van der Waals surface area contributed by atoms with Crippen molar-refractivity contribution in [3.8, 4) is 0 Å². The molecule has 1 aromatic heterocycles. The Morgan fingerprint density at radius 1 is 1.29 bits per heavy atom. The fourth-order valence-corrected chi connectivity index (χ4v) is 2.03. The van der Waals surface area contributed by atoms with Crippen LogP contribution in [0.3, 0.4) is 0 Å². The van der Waals surface area contributed by atoms with Crippen LogP contribution >= 0.6 is 0 Å². The highest BCUT2D eigenvalue weighted by Gasteiger charge is 2.14. The van der Waals surface area contributed by atoms with Gasteiger partial charge in [0.25, 0.3) is 0 Å². The molecule has 3 nitrogen and oxygen atoms in total. The summed E-state index contributed by atoms with van der Waals surface area (Å²) in [6, 6.07) is 6.31. The average molecular weight is 230 g/mol. The molecule has 1 unspecified atom stereocenters. The van der Waals surface area contributed by atoms with Gasteiger partial charge in [-0.25, -0.2) is 4.98 Å². The first-order valence-electron chi connectivity index (χ1n) is 5.82. The number of rotatable bonds is 3. The highest BCUT2D eigenvalue weighted by molar-refractivity contribution is 5.31. The van der Waals surface area contributed by atoms with Gasteiger partial charge in [-0.15, -0.1) is 0 Å². The van der Waals surface area contributed by atoms with Crippen LogP contribution in [0.1, 0.15) is 34.2 Å². The molecule has 90 valence electrons. The molecule has 17 heavy (non-hydrogen) atoms. The van der Waals surface area contributed by atoms with Crippen LogP contribution in [-0.2, 0) is 6.42 Å². The van der Waals surface area contributed by atoms with Gasteiger partial charge in [0.05, 0.1) is 12.0 Å². The van der Waals surface area contributed by atoms with Crippen molar-refractivity contribution in [2.45, 2.75) is 33.3 Å². The lowest BCUT2D eigenvalue weighted by Gasteiger charge is -2.12. The maximum atomic E-state index is 10.2. The Bertz CT molecular complexity index is 517. The predicted octanol–water partition coefficient (Wildman–Crippen LogP) is 2.61. The van der Waals surface area contributed by atoms with Gasteiger partial charge in [0.2, 0.25) is 0 Å². The van der Waals surface area contributed by atoms with Gasteiger partial charge in [0.15, 0.2) is 0 Å². The molecule has 0 aliphatic rings. The predicted molar refractivity (Wildman–Crippen MR) is 67.9 cm³/mol. The number of aryl methyl sites for hydroxylation is 3. The molecule has 0 saturated carbocycles. The van der Waals surface area contributed by atoms with Gasteiger partial charge in [0.1, 0.15) is 6.10 Å². The van der Waals surface area contributed by atoms with Crippen LogP contribution in [0.5, 0.6) is 0 Å². The van der Waals surface area contributed by atoms with Crippen LogP contribution in [0.15, 0.2) is 24.5 Å². The largest absolute Gasteiger partial charge is 0.386 e. The number of benzene rings is 1. The van der Waals surface area contributed by atoms with E-state index in [4.69, 9.17) is 0 Å². The van der Waals surface area contributed by atoms with Gasteiger partial charge in [-0.2, -0.15) is 0 Å². The molecular formula is C14H18N2O. The number of H-pyrrole nitrogens is 1. The number of aliphatic hydroxyl groups excluding tert-OH is 1. The molecule has 0 radical (unpaired) electrons. The van der Waals surface area contributed by atoms with E-state index in [0.29, 0.717) is 6.42 Å². The Morgan fingerprint density at radius 2 is 2.06 bits per heavy atom. The summed E-state index contributed by atoms with van der Waals surface area (Å²) < 4.78 is 0. The Hall–Kier alpha value is -1.61. The summed E-state index contributed by atoms with van der Waals surface area (Å²) in [5.74, 6) is 0. The minimum atomic E-state index is -0.540. The first-order chi connectivity index (χ1) is 8.08. The Kier molecular flexibility index (Phi) is 3.29. The zero-order chi connectivity index (χ0) is 12.4. The van der Waals surface area contributed by atoms with Gasteiger partial charge in [-0.3, -0.25) is 0 Å². The molecule has 2 rings (SSSR count). The molecule has 1 atom stereocenters. The van der Waals surface area contributed by atoms with Gasteiger partial charge in [-0.1, -0.05) is 23.8 Å².